The maximum atomic E-state index is 5.47. The first kappa shape index (κ1) is 22.0. The summed E-state index contributed by atoms with van der Waals surface area (Å²) in [5, 5.41) is 6.71. The van der Waals surface area contributed by atoms with E-state index in [1.165, 1.54) is 5.56 Å². The number of benzene rings is 2. The van der Waals surface area contributed by atoms with Crippen molar-refractivity contribution in [2.24, 2.45) is 4.99 Å². The van der Waals surface area contributed by atoms with E-state index in [0.29, 0.717) is 6.54 Å². The quantitative estimate of drug-likeness (QED) is 0.313. The van der Waals surface area contributed by atoms with Crippen molar-refractivity contribution in [2.75, 3.05) is 20.7 Å². The lowest BCUT2D eigenvalue weighted by atomic mass is 10.1. The lowest BCUT2D eigenvalue weighted by Gasteiger charge is -2.15. The van der Waals surface area contributed by atoms with Crippen LogP contribution in [-0.2, 0) is 13.1 Å². The fourth-order valence-corrected chi connectivity index (χ4v) is 3.16. The maximum absolute atomic E-state index is 5.47. The van der Waals surface area contributed by atoms with Gasteiger partial charge in [0.15, 0.2) is 5.96 Å². The Labute approximate surface area is 183 Å². The van der Waals surface area contributed by atoms with Crippen molar-refractivity contribution < 1.29 is 4.74 Å². The number of nitrogens with one attached hydrogen (secondary N) is 2. The smallest absolute Gasteiger partial charge is 0.191 e. The molecule has 0 bridgehead atoms. The first-order valence-corrected chi connectivity index (χ1v) is 9.12. The molecule has 0 saturated carbocycles. The fourth-order valence-electron chi connectivity index (χ4n) is 3.16. The maximum Gasteiger partial charge on any atom is 0.191 e. The van der Waals surface area contributed by atoms with Gasteiger partial charge in [0.1, 0.15) is 11.6 Å². The van der Waals surface area contributed by atoms with Crippen molar-refractivity contribution in [1.82, 2.24) is 20.2 Å². The van der Waals surface area contributed by atoms with Crippen LogP contribution in [0.1, 0.15) is 17.0 Å². The normalized spacial score (nSPS) is 11.2. The summed E-state index contributed by atoms with van der Waals surface area (Å²) in [5.41, 5.74) is 4.47. The third-order valence-electron chi connectivity index (χ3n) is 4.59. The van der Waals surface area contributed by atoms with Gasteiger partial charge in [0.25, 0.3) is 0 Å². The van der Waals surface area contributed by atoms with Gasteiger partial charge in [-0.2, -0.15) is 0 Å². The monoisotopic (exact) mass is 493 g/mol. The molecule has 3 aromatic rings. The highest BCUT2D eigenvalue weighted by Crippen LogP contribution is 2.19. The molecular formula is C21H28IN5O. The minimum absolute atomic E-state index is 0. The zero-order chi connectivity index (χ0) is 19.2. The second kappa shape index (κ2) is 10.3. The third kappa shape index (κ3) is 5.15. The van der Waals surface area contributed by atoms with Crippen LogP contribution in [0, 0.1) is 13.8 Å². The van der Waals surface area contributed by atoms with Gasteiger partial charge in [-0.1, -0.05) is 24.3 Å². The highest BCUT2D eigenvalue weighted by Gasteiger charge is 2.07. The lowest BCUT2D eigenvalue weighted by Crippen LogP contribution is -2.38. The first-order valence-electron chi connectivity index (χ1n) is 9.12. The molecule has 6 nitrogen and oxygen atoms in total. The van der Waals surface area contributed by atoms with Gasteiger partial charge in [-0.15, -0.1) is 24.0 Å². The van der Waals surface area contributed by atoms with Crippen molar-refractivity contribution in [3.8, 4) is 5.75 Å². The van der Waals surface area contributed by atoms with Gasteiger partial charge in [0, 0.05) is 32.2 Å². The van der Waals surface area contributed by atoms with Gasteiger partial charge in [-0.3, -0.25) is 4.99 Å². The van der Waals surface area contributed by atoms with Crippen LogP contribution in [0.3, 0.4) is 0 Å². The van der Waals surface area contributed by atoms with Crippen LogP contribution in [-0.4, -0.2) is 36.2 Å². The number of imidazole rings is 1. The lowest BCUT2D eigenvalue weighted by molar-refractivity contribution is 0.408. The van der Waals surface area contributed by atoms with Crippen LogP contribution in [0.4, 0.5) is 0 Å². The number of guanidine groups is 1. The molecule has 1 heterocycles. The van der Waals surface area contributed by atoms with E-state index < -0.39 is 0 Å². The van der Waals surface area contributed by atoms with E-state index in [9.17, 15) is 0 Å². The Balaban J connectivity index is 0.00000280. The number of aryl methyl sites for hydroxylation is 2. The third-order valence-corrected chi connectivity index (χ3v) is 4.59. The highest BCUT2D eigenvalue weighted by atomic mass is 127. The Morgan fingerprint density at radius 1 is 1.14 bits per heavy atom. The molecule has 0 spiro atoms. The number of methoxy groups -OCH3 is 1. The predicted octanol–water partition coefficient (Wildman–Crippen LogP) is 3.64. The van der Waals surface area contributed by atoms with Crippen LogP contribution in [0.25, 0.3) is 11.0 Å². The molecule has 1 aromatic heterocycles. The van der Waals surface area contributed by atoms with Crippen LogP contribution >= 0.6 is 24.0 Å². The van der Waals surface area contributed by atoms with Gasteiger partial charge >= 0.3 is 0 Å². The summed E-state index contributed by atoms with van der Waals surface area (Å²) in [5.74, 6) is 2.67. The van der Waals surface area contributed by atoms with Crippen LogP contribution in [0.2, 0.25) is 0 Å². The summed E-state index contributed by atoms with van der Waals surface area (Å²) in [4.78, 5) is 8.92. The number of fused-ring (bicyclic) bond motifs is 1. The van der Waals surface area contributed by atoms with E-state index in [2.05, 4.69) is 50.3 Å². The molecule has 150 valence electrons. The molecule has 28 heavy (non-hydrogen) atoms. The Kier molecular flexibility index (Phi) is 8.10. The molecule has 0 radical (unpaired) electrons. The van der Waals surface area contributed by atoms with Gasteiger partial charge in [-0.05, 0) is 37.6 Å². The number of hydrogen-bond acceptors (Lipinski definition) is 3. The van der Waals surface area contributed by atoms with Gasteiger partial charge in [-0.25, -0.2) is 4.98 Å². The molecule has 2 N–H and O–H groups in total. The predicted molar refractivity (Wildman–Crippen MR) is 126 cm³/mol. The van der Waals surface area contributed by atoms with Crippen molar-refractivity contribution in [1.29, 1.82) is 0 Å². The number of ether oxygens (including phenoxy) is 1. The largest absolute Gasteiger partial charge is 0.496 e. The number of para-hydroxylation sites is 2. The zero-order valence-electron chi connectivity index (χ0n) is 16.8. The summed E-state index contributed by atoms with van der Waals surface area (Å²) >= 11 is 0. The Bertz CT molecular complexity index is 951. The standard InChI is InChI=1S/C21H27N5O.HI/c1-15-9-10-17(20(13-15)27-4)14-24-21(22-3)23-11-12-26-16(2)25-18-7-5-6-8-19(18)26;/h5-10,13H,11-12,14H2,1-4H3,(H2,22,23,24);1H. The first-order chi connectivity index (χ1) is 13.1. The van der Waals surface area contributed by atoms with Crippen molar-refractivity contribution in [2.45, 2.75) is 26.9 Å². The average Bonchev–Trinajstić information content (AvgIpc) is 3.00. The Hall–Kier alpha value is -2.29. The van der Waals surface area contributed by atoms with Gasteiger partial charge in [0.05, 0.1) is 18.1 Å². The molecular weight excluding hydrogens is 465 g/mol. The molecule has 0 saturated heterocycles. The van der Waals surface area contributed by atoms with E-state index in [1.807, 2.05) is 31.2 Å². The molecule has 0 aliphatic rings. The van der Waals surface area contributed by atoms with E-state index in [-0.39, 0.29) is 24.0 Å². The van der Waals surface area contributed by atoms with Crippen LogP contribution < -0.4 is 15.4 Å². The molecule has 0 unspecified atom stereocenters. The number of hydrogen-bond donors (Lipinski definition) is 2. The average molecular weight is 493 g/mol. The van der Waals surface area contributed by atoms with Gasteiger partial charge < -0.3 is 19.9 Å². The molecule has 3 rings (SSSR count). The van der Waals surface area contributed by atoms with Crippen LogP contribution in [0.15, 0.2) is 47.5 Å². The number of nitrogens with zero attached hydrogens (tertiary/aromatic N) is 3. The number of aliphatic imine (C=N–C) groups is 1. The molecule has 0 amide bonds. The second-order valence-corrected chi connectivity index (χ2v) is 6.47. The molecule has 0 atom stereocenters. The Morgan fingerprint density at radius 3 is 2.68 bits per heavy atom. The minimum Gasteiger partial charge on any atom is -0.496 e. The molecule has 0 aliphatic heterocycles. The topological polar surface area (TPSA) is 63.5 Å². The van der Waals surface area contributed by atoms with E-state index in [1.54, 1.807) is 14.2 Å². The minimum atomic E-state index is 0. The summed E-state index contributed by atoms with van der Waals surface area (Å²) in [6.07, 6.45) is 0. The number of rotatable bonds is 6. The molecule has 0 aliphatic carbocycles. The van der Waals surface area contributed by atoms with Crippen molar-refractivity contribution in [3.05, 3.63) is 59.4 Å². The van der Waals surface area contributed by atoms with E-state index in [0.717, 1.165) is 47.2 Å². The zero-order valence-corrected chi connectivity index (χ0v) is 19.2. The summed E-state index contributed by atoms with van der Waals surface area (Å²) in [6, 6.07) is 14.4. The van der Waals surface area contributed by atoms with Crippen molar-refractivity contribution in [3.63, 3.8) is 0 Å². The van der Waals surface area contributed by atoms with Crippen molar-refractivity contribution >= 4 is 41.0 Å². The molecule has 7 heteroatoms. The van der Waals surface area contributed by atoms with E-state index in [4.69, 9.17) is 4.74 Å². The van der Waals surface area contributed by atoms with Gasteiger partial charge in [0.2, 0.25) is 0 Å². The number of halogens is 1. The summed E-state index contributed by atoms with van der Waals surface area (Å²) in [6.45, 7) is 6.32. The molecule has 0 fully saturated rings. The Morgan fingerprint density at radius 2 is 1.93 bits per heavy atom. The number of aromatic nitrogens is 2. The SMILES string of the molecule is CN=C(NCCn1c(C)nc2ccccc21)NCc1ccc(C)cc1OC.I. The second-order valence-electron chi connectivity index (χ2n) is 6.47. The molecule has 2 aromatic carbocycles. The fraction of sp³-hybridized carbons (Fsp3) is 0.333. The summed E-state index contributed by atoms with van der Waals surface area (Å²) < 4.78 is 7.69. The highest BCUT2D eigenvalue weighted by molar-refractivity contribution is 14.0. The van der Waals surface area contributed by atoms with Crippen LogP contribution in [0.5, 0.6) is 5.75 Å². The summed E-state index contributed by atoms with van der Waals surface area (Å²) in [7, 11) is 3.47. The van der Waals surface area contributed by atoms with E-state index >= 15 is 0 Å².